The van der Waals surface area contributed by atoms with E-state index in [0.717, 1.165) is 24.7 Å². The molecule has 1 aromatic heterocycles. The number of H-pyrrole nitrogens is 1. The predicted octanol–water partition coefficient (Wildman–Crippen LogP) is 1.54. The molecular weight excluding hydrogens is 359 g/mol. The zero-order chi connectivity index (χ0) is 18.7. The Morgan fingerprint density at radius 1 is 1.46 bits per heavy atom. The topological polar surface area (TPSA) is 95.2 Å². The number of piperidine rings is 1. The van der Waals surface area contributed by atoms with Crippen molar-refractivity contribution >= 4 is 15.9 Å². The van der Waals surface area contributed by atoms with Gasteiger partial charge in [-0.05, 0) is 43.5 Å². The number of amides is 1. The molecule has 2 N–H and O–H groups in total. The maximum atomic E-state index is 13.3. The summed E-state index contributed by atoms with van der Waals surface area (Å²) in [5.41, 5.74) is 0.233. The van der Waals surface area contributed by atoms with Gasteiger partial charge in [-0.2, -0.15) is 0 Å². The number of hydrogen-bond acceptors (Lipinski definition) is 4. The molecular formula is C17H21FN4O3S. The molecule has 0 saturated carbocycles. The van der Waals surface area contributed by atoms with E-state index in [-0.39, 0.29) is 28.8 Å². The van der Waals surface area contributed by atoms with E-state index in [4.69, 9.17) is 0 Å². The van der Waals surface area contributed by atoms with Crippen molar-refractivity contribution in [2.45, 2.75) is 30.6 Å². The van der Waals surface area contributed by atoms with Crippen LogP contribution in [0, 0.1) is 12.7 Å². The average Bonchev–Trinajstić information content (AvgIpc) is 3.17. The SMILES string of the molecule is Cc1cc(S(=O)(=O)NCC(=O)N2CCCC(c3ncc[nH]3)C2)ccc1F. The molecule has 1 amide bonds. The molecule has 1 unspecified atom stereocenters. The molecule has 26 heavy (non-hydrogen) atoms. The van der Waals surface area contributed by atoms with Crippen molar-refractivity contribution in [1.29, 1.82) is 0 Å². The number of nitrogens with one attached hydrogen (secondary N) is 2. The van der Waals surface area contributed by atoms with Gasteiger partial charge >= 0.3 is 0 Å². The van der Waals surface area contributed by atoms with E-state index in [1.165, 1.54) is 19.1 Å². The van der Waals surface area contributed by atoms with E-state index in [0.29, 0.717) is 13.1 Å². The second kappa shape index (κ2) is 7.55. The minimum atomic E-state index is -3.87. The number of benzene rings is 1. The predicted molar refractivity (Wildman–Crippen MR) is 93.5 cm³/mol. The van der Waals surface area contributed by atoms with Crippen LogP contribution in [0.1, 0.15) is 30.1 Å². The van der Waals surface area contributed by atoms with Gasteiger partial charge in [0.25, 0.3) is 0 Å². The summed E-state index contributed by atoms with van der Waals surface area (Å²) in [5.74, 6) is 0.199. The molecule has 1 saturated heterocycles. The molecule has 0 spiro atoms. The largest absolute Gasteiger partial charge is 0.348 e. The van der Waals surface area contributed by atoms with Crippen LogP contribution in [0.2, 0.25) is 0 Å². The number of sulfonamides is 1. The lowest BCUT2D eigenvalue weighted by molar-refractivity contribution is -0.131. The second-order valence-corrected chi connectivity index (χ2v) is 8.16. The molecule has 0 bridgehead atoms. The number of rotatable bonds is 5. The van der Waals surface area contributed by atoms with Crippen molar-refractivity contribution in [3.05, 3.63) is 47.8 Å². The smallest absolute Gasteiger partial charge is 0.241 e. The van der Waals surface area contributed by atoms with Gasteiger partial charge in [0.05, 0.1) is 11.4 Å². The number of halogens is 1. The quantitative estimate of drug-likeness (QED) is 0.823. The third kappa shape index (κ3) is 4.10. The first kappa shape index (κ1) is 18.5. The molecule has 9 heteroatoms. The molecule has 7 nitrogen and oxygen atoms in total. The van der Waals surface area contributed by atoms with Crippen LogP contribution in [0.4, 0.5) is 4.39 Å². The number of likely N-dealkylation sites (tertiary alicyclic amines) is 1. The van der Waals surface area contributed by atoms with Crippen LogP contribution in [0.25, 0.3) is 0 Å². The lowest BCUT2D eigenvalue weighted by atomic mass is 9.97. The summed E-state index contributed by atoms with van der Waals surface area (Å²) in [5, 5.41) is 0. The van der Waals surface area contributed by atoms with E-state index < -0.39 is 15.8 Å². The third-order valence-corrected chi connectivity index (χ3v) is 5.93. The fourth-order valence-electron chi connectivity index (χ4n) is 3.06. The minimum Gasteiger partial charge on any atom is -0.348 e. The molecule has 1 aromatic carbocycles. The first-order valence-electron chi connectivity index (χ1n) is 8.39. The van der Waals surface area contributed by atoms with Crippen LogP contribution in [0.5, 0.6) is 0 Å². The van der Waals surface area contributed by atoms with Gasteiger partial charge < -0.3 is 9.88 Å². The Morgan fingerprint density at radius 2 is 2.27 bits per heavy atom. The fourth-order valence-corrected chi connectivity index (χ4v) is 4.12. The van der Waals surface area contributed by atoms with E-state index in [2.05, 4.69) is 14.7 Å². The summed E-state index contributed by atoms with van der Waals surface area (Å²) in [6.07, 6.45) is 5.18. The van der Waals surface area contributed by atoms with E-state index in [1.54, 1.807) is 17.3 Å². The van der Waals surface area contributed by atoms with Gasteiger partial charge in [0.1, 0.15) is 11.6 Å². The maximum absolute atomic E-state index is 13.3. The summed E-state index contributed by atoms with van der Waals surface area (Å²) >= 11 is 0. The van der Waals surface area contributed by atoms with E-state index in [1.807, 2.05) is 0 Å². The van der Waals surface area contributed by atoms with Gasteiger partial charge in [-0.1, -0.05) is 0 Å². The van der Waals surface area contributed by atoms with Crippen LogP contribution < -0.4 is 4.72 Å². The number of carbonyl (C=O) groups excluding carboxylic acids is 1. The highest BCUT2D eigenvalue weighted by Gasteiger charge is 2.27. The van der Waals surface area contributed by atoms with Crippen LogP contribution in [-0.4, -0.2) is 48.8 Å². The van der Waals surface area contributed by atoms with Gasteiger partial charge in [0, 0.05) is 31.4 Å². The van der Waals surface area contributed by atoms with Crippen molar-refractivity contribution < 1.29 is 17.6 Å². The zero-order valence-corrected chi connectivity index (χ0v) is 15.2. The molecule has 1 aliphatic heterocycles. The molecule has 2 aromatic rings. The molecule has 1 atom stereocenters. The van der Waals surface area contributed by atoms with E-state index in [9.17, 15) is 17.6 Å². The van der Waals surface area contributed by atoms with Crippen molar-refractivity contribution in [3.63, 3.8) is 0 Å². The van der Waals surface area contributed by atoms with Crippen LogP contribution >= 0.6 is 0 Å². The molecule has 0 radical (unpaired) electrons. The maximum Gasteiger partial charge on any atom is 0.241 e. The standard InChI is InChI=1S/C17H21FN4O3S/c1-12-9-14(4-5-15(12)18)26(24,25)21-10-16(23)22-8-2-3-13(11-22)17-19-6-7-20-17/h4-7,9,13,21H,2-3,8,10-11H2,1H3,(H,19,20). The summed E-state index contributed by atoms with van der Waals surface area (Å²) < 4.78 is 40.2. The van der Waals surface area contributed by atoms with Gasteiger partial charge in [0.2, 0.25) is 15.9 Å². The highest BCUT2D eigenvalue weighted by Crippen LogP contribution is 2.24. The fraction of sp³-hybridized carbons (Fsp3) is 0.412. The summed E-state index contributed by atoms with van der Waals surface area (Å²) in [4.78, 5) is 21.3. The number of hydrogen-bond donors (Lipinski definition) is 2. The van der Waals surface area contributed by atoms with Crippen molar-refractivity contribution in [3.8, 4) is 0 Å². The Morgan fingerprint density at radius 3 is 2.96 bits per heavy atom. The number of imidazole rings is 1. The van der Waals surface area contributed by atoms with Crippen molar-refractivity contribution in [1.82, 2.24) is 19.6 Å². The number of aromatic nitrogens is 2. The van der Waals surface area contributed by atoms with Crippen molar-refractivity contribution in [2.24, 2.45) is 0 Å². The highest BCUT2D eigenvalue weighted by atomic mass is 32.2. The monoisotopic (exact) mass is 380 g/mol. The lowest BCUT2D eigenvalue weighted by Crippen LogP contribution is -2.44. The Balaban J connectivity index is 1.61. The Bertz CT molecular complexity index is 883. The van der Waals surface area contributed by atoms with Crippen molar-refractivity contribution in [2.75, 3.05) is 19.6 Å². The highest BCUT2D eigenvalue weighted by molar-refractivity contribution is 7.89. The van der Waals surface area contributed by atoms with Gasteiger partial charge in [-0.25, -0.2) is 22.5 Å². The van der Waals surface area contributed by atoms with E-state index >= 15 is 0 Å². The summed E-state index contributed by atoms with van der Waals surface area (Å²) in [6.45, 7) is 2.25. The molecule has 1 fully saturated rings. The minimum absolute atomic E-state index is 0.0590. The first-order valence-corrected chi connectivity index (χ1v) is 9.88. The molecule has 0 aliphatic carbocycles. The number of aromatic amines is 1. The summed E-state index contributed by atoms with van der Waals surface area (Å²) in [6, 6.07) is 3.53. The normalized spacial score (nSPS) is 18.1. The third-order valence-electron chi connectivity index (χ3n) is 4.53. The first-order chi connectivity index (χ1) is 12.4. The lowest BCUT2D eigenvalue weighted by Gasteiger charge is -2.32. The average molecular weight is 380 g/mol. The Kier molecular flexibility index (Phi) is 5.38. The second-order valence-electron chi connectivity index (χ2n) is 6.39. The number of carbonyl (C=O) groups is 1. The van der Waals surface area contributed by atoms with Crippen LogP contribution in [-0.2, 0) is 14.8 Å². The van der Waals surface area contributed by atoms with Crippen LogP contribution in [0.3, 0.4) is 0 Å². The molecule has 1 aliphatic rings. The number of aryl methyl sites for hydroxylation is 1. The molecule has 2 heterocycles. The Hall–Kier alpha value is -2.26. The van der Waals surface area contributed by atoms with Crippen LogP contribution in [0.15, 0.2) is 35.5 Å². The molecule has 3 rings (SSSR count). The summed E-state index contributed by atoms with van der Waals surface area (Å²) in [7, 11) is -3.87. The Labute approximate surface area is 151 Å². The van der Waals surface area contributed by atoms with Gasteiger partial charge in [0.15, 0.2) is 0 Å². The zero-order valence-electron chi connectivity index (χ0n) is 14.4. The van der Waals surface area contributed by atoms with Gasteiger partial charge in [-0.15, -0.1) is 0 Å². The molecule has 140 valence electrons. The number of nitrogens with zero attached hydrogens (tertiary/aromatic N) is 2. The van der Waals surface area contributed by atoms with Gasteiger partial charge in [-0.3, -0.25) is 4.79 Å².